The first kappa shape index (κ1) is 24.0. The van der Waals surface area contributed by atoms with Crippen LogP contribution in [0.15, 0.2) is 72.8 Å². The molecule has 180 valence electrons. The average molecular weight is 473 g/mol. The number of hydrogen-bond donors (Lipinski definition) is 2. The third kappa shape index (κ3) is 4.89. The van der Waals surface area contributed by atoms with E-state index >= 15 is 0 Å². The molecule has 3 aromatic carbocycles. The van der Waals surface area contributed by atoms with E-state index in [1.807, 2.05) is 24.3 Å². The molecule has 4 rings (SSSR count). The number of amides is 2. The van der Waals surface area contributed by atoms with Crippen LogP contribution in [0.3, 0.4) is 0 Å². The maximum absolute atomic E-state index is 12.7. The number of carbonyl (C=O) groups is 3. The van der Waals surface area contributed by atoms with Crippen LogP contribution in [0.4, 0.5) is 10.5 Å². The molecule has 2 N–H and O–H groups in total. The first-order valence-corrected chi connectivity index (χ1v) is 11.4. The van der Waals surface area contributed by atoms with E-state index in [4.69, 9.17) is 9.84 Å². The third-order valence-corrected chi connectivity index (χ3v) is 6.45. The van der Waals surface area contributed by atoms with E-state index in [1.165, 1.54) is 23.1 Å². The lowest BCUT2D eigenvalue weighted by molar-refractivity contribution is -0.145. The Morgan fingerprint density at radius 1 is 0.914 bits per heavy atom. The number of carbonyl (C=O) groups excluding carboxylic acids is 2. The molecule has 2 amide bonds. The zero-order valence-corrected chi connectivity index (χ0v) is 19.9. The van der Waals surface area contributed by atoms with Gasteiger partial charge in [0.15, 0.2) is 0 Å². The number of anilines is 1. The topological polar surface area (TPSA) is 95.9 Å². The van der Waals surface area contributed by atoms with Gasteiger partial charge in [-0.25, -0.2) is 4.79 Å². The molecule has 0 aromatic heterocycles. The molecule has 0 saturated heterocycles. The molecule has 0 aliphatic heterocycles. The predicted molar refractivity (Wildman–Crippen MR) is 133 cm³/mol. The molecule has 3 aromatic rings. The fourth-order valence-corrected chi connectivity index (χ4v) is 4.60. The van der Waals surface area contributed by atoms with E-state index in [2.05, 4.69) is 29.6 Å². The first-order valence-electron chi connectivity index (χ1n) is 11.4. The van der Waals surface area contributed by atoms with Gasteiger partial charge in [0.1, 0.15) is 13.2 Å². The molecule has 0 unspecified atom stereocenters. The molecule has 0 bridgehead atoms. The fraction of sp³-hybridized carbons (Fsp3) is 0.250. The Bertz CT molecular complexity index is 1220. The van der Waals surface area contributed by atoms with Crippen LogP contribution in [-0.4, -0.2) is 48.2 Å². The molecule has 1 aliphatic carbocycles. The molecule has 35 heavy (non-hydrogen) atoms. The normalized spacial score (nSPS) is 12.4. The number of rotatable bonds is 7. The Hall–Kier alpha value is -4.13. The van der Waals surface area contributed by atoms with Gasteiger partial charge in [-0.2, -0.15) is 0 Å². The summed E-state index contributed by atoms with van der Waals surface area (Å²) in [5.74, 6) is -1.40. The second-order valence-corrected chi connectivity index (χ2v) is 9.21. The highest BCUT2D eigenvalue weighted by Crippen LogP contribution is 2.44. The van der Waals surface area contributed by atoms with E-state index < -0.39 is 17.5 Å². The van der Waals surface area contributed by atoms with Crippen molar-refractivity contribution in [3.63, 3.8) is 0 Å². The van der Waals surface area contributed by atoms with Gasteiger partial charge < -0.3 is 14.7 Å². The van der Waals surface area contributed by atoms with Gasteiger partial charge in [-0.05, 0) is 53.8 Å². The molecular formula is C28H28N2O5. The summed E-state index contributed by atoms with van der Waals surface area (Å²) in [6.45, 7) is 3.32. The molecule has 7 heteroatoms. The zero-order chi connectivity index (χ0) is 25.2. The SMILES string of the molecule is CN(CC(=O)O)C(=O)C(C)(C)c1ccc(NC(=O)OCC2c3ccccc3-c3ccccc32)cc1. The number of carboxylic acid groups (broad SMARTS) is 1. The average Bonchev–Trinajstić information content (AvgIpc) is 3.16. The second kappa shape index (κ2) is 9.62. The van der Waals surface area contributed by atoms with E-state index in [-0.39, 0.29) is 25.0 Å². The van der Waals surface area contributed by atoms with Crippen molar-refractivity contribution in [2.45, 2.75) is 25.2 Å². The van der Waals surface area contributed by atoms with Crippen molar-refractivity contribution in [3.8, 4) is 11.1 Å². The van der Waals surface area contributed by atoms with Crippen molar-refractivity contribution >= 4 is 23.7 Å². The number of hydrogen-bond acceptors (Lipinski definition) is 4. The molecule has 0 fully saturated rings. The second-order valence-electron chi connectivity index (χ2n) is 9.21. The zero-order valence-electron chi connectivity index (χ0n) is 19.9. The maximum Gasteiger partial charge on any atom is 0.411 e. The maximum atomic E-state index is 12.7. The molecule has 0 saturated carbocycles. The molecular weight excluding hydrogens is 444 g/mol. The van der Waals surface area contributed by atoms with Crippen LogP contribution in [0.5, 0.6) is 0 Å². The van der Waals surface area contributed by atoms with E-state index in [9.17, 15) is 14.4 Å². The van der Waals surface area contributed by atoms with Crippen LogP contribution in [-0.2, 0) is 19.7 Å². The molecule has 0 radical (unpaired) electrons. The van der Waals surface area contributed by atoms with Gasteiger partial charge in [0.25, 0.3) is 0 Å². The Morgan fingerprint density at radius 2 is 1.46 bits per heavy atom. The van der Waals surface area contributed by atoms with Crippen LogP contribution in [0.2, 0.25) is 0 Å². The minimum absolute atomic E-state index is 0.0230. The molecule has 0 spiro atoms. The molecule has 7 nitrogen and oxygen atoms in total. The summed E-state index contributed by atoms with van der Waals surface area (Å²) in [6.07, 6.45) is -0.559. The highest BCUT2D eigenvalue weighted by molar-refractivity contribution is 5.90. The summed E-state index contributed by atoms with van der Waals surface area (Å²) in [5.41, 5.74) is 4.94. The van der Waals surface area contributed by atoms with E-state index in [0.717, 1.165) is 11.1 Å². The first-order chi connectivity index (χ1) is 16.7. The summed E-state index contributed by atoms with van der Waals surface area (Å²) in [5, 5.41) is 11.7. The van der Waals surface area contributed by atoms with E-state index in [1.54, 1.807) is 38.1 Å². The number of fused-ring (bicyclic) bond motifs is 3. The fourth-order valence-electron chi connectivity index (χ4n) is 4.60. The molecule has 0 atom stereocenters. The Morgan fingerprint density at radius 3 is 2.00 bits per heavy atom. The Labute approximate surface area is 204 Å². The van der Waals surface area contributed by atoms with Crippen molar-refractivity contribution in [1.82, 2.24) is 4.90 Å². The predicted octanol–water partition coefficient (Wildman–Crippen LogP) is 4.87. The number of aliphatic carboxylic acids is 1. The van der Waals surface area contributed by atoms with Gasteiger partial charge in [0.2, 0.25) is 5.91 Å². The Balaban J connectivity index is 1.39. The summed E-state index contributed by atoms with van der Waals surface area (Å²) in [7, 11) is 1.46. The van der Waals surface area contributed by atoms with Gasteiger partial charge in [0.05, 0.1) is 5.41 Å². The molecule has 0 heterocycles. The van der Waals surface area contributed by atoms with Crippen molar-refractivity contribution in [1.29, 1.82) is 0 Å². The monoisotopic (exact) mass is 472 g/mol. The Kier molecular flexibility index (Phi) is 6.60. The van der Waals surface area contributed by atoms with Gasteiger partial charge in [0, 0.05) is 18.7 Å². The van der Waals surface area contributed by atoms with Crippen LogP contribution in [0.1, 0.15) is 36.5 Å². The number of nitrogens with one attached hydrogen (secondary N) is 1. The lowest BCUT2D eigenvalue weighted by Gasteiger charge is -2.29. The van der Waals surface area contributed by atoms with Crippen LogP contribution < -0.4 is 5.32 Å². The summed E-state index contributed by atoms with van der Waals surface area (Å²) in [4.78, 5) is 37.4. The summed E-state index contributed by atoms with van der Waals surface area (Å²) in [6, 6.07) is 23.2. The van der Waals surface area contributed by atoms with Gasteiger partial charge >= 0.3 is 12.1 Å². The quantitative estimate of drug-likeness (QED) is 0.512. The van der Waals surface area contributed by atoms with Gasteiger partial charge in [-0.1, -0.05) is 60.7 Å². The number of carboxylic acids is 1. The van der Waals surface area contributed by atoms with Crippen LogP contribution >= 0.6 is 0 Å². The minimum Gasteiger partial charge on any atom is -0.480 e. The molecule has 1 aliphatic rings. The lowest BCUT2D eigenvalue weighted by Crippen LogP contribution is -2.43. The summed E-state index contributed by atoms with van der Waals surface area (Å²) < 4.78 is 5.58. The smallest absolute Gasteiger partial charge is 0.411 e. The van der Waals surface area contributed by atoms with Crippen molar-refractivity contribution in [2.75, 3.05) is 25.5 Å². The standard InChI is InChI=1S/C28H28N2O5/c1-28(2,26(33)30(3)16-25(31)32)18-12-14-19(15-13-18)29-27(34)35-17-24-22-10-6-4-8-20(22)21-9-5-7-11-23(21)24/h4-15,24H,16-17H2,1-3H3,(H,29,34)(H,31,32). The summed E-state index contributed by atoms with van der Waals surface area (Å²) >= 11 is 0. The van der Waals surface area contributed by atoms with E-state index in [0.29, 0.717) is 11.3 Å². The van der Waals surface area contributed by atoms with Gasteiger partial charge in [-0.15, -0.1) is 0 Å². The highest BCUT2D eigenvalue weighted by atomic mass is 16.5. The van der Waals surface area contributed by atoms with Crippen LogP contribution in [0.25, 0.3) is 11.1 Å². The van der Waals surface area contributed by atoms with Crippen molar-refractivity contribution in [3.05, 3.63) is 89.5 Å². The number of ether oxygens (including phenoxy) is 1. The lowest BCUT2D eigenvalue weighted by atomic mass is 9.83. The number of likely N-dealkylation sites (N-methyl/N-ethyl adjacent to an activating group) is 1. The number of nitrogens with zero attached hydrogens (tertiary/aromatic N) is 1. The highest BCUT2D eigenvalue weighted by Gasteiger charge is 2.33. The van der Waals surface area contributed by atoms with Crippen molar-refractivity contribution in [2.24, 2.45) is 0 Å². The largest absolute Gasteiger partial charge is 0.480 e. The van der Waals surface area contributed by atoms with Crippen molar-refractivity contribution < 1.29 is 24.2 Å². The number of benzene rings is 3. The van der Waals surface area contributed by atoms with Gasteiger partial charge in [-0.3, -0.25) is 14.9 Å². The minimum atomic E-state index is -1.07. The third-order valence-electron chi connectivity index (χ3n) is 6.45. The van der Waals surface area contributed by atoms with Crippen LogP contribution in [0, 0.1) is 0 Å².